The SMILES string of the molecule is CN1CCN(Cc2ccnc(OC/C=C/CN)c2)CC1. The molecule has 0 unspecified atom stereocenters. The number of nitrogens with two attached hydrogens (primary N) is 1. The van der Waals surface area contributed by atoms with Crippen molar-refractivity contribution in [1.82, 2.24) is 14.8 Å². The van der Waals surface area contributed by atoms with Gasteiger partial charge in [-0.3, -0.25) is 4.90 Å². The second kappa shape index (κ2) is 7.99. The lowest BCUT2D eigenvalue weighted by Gasteiger charge is -2.32. The van der Waals surface area contributed by atoms with Gasteiger partial charge in [0.1, 0.15) is 6.61 Å². The van der Waals surface area contributed by atoms with Gasteiger partial charge in [0.15, 0.2) is 0 Å². The monoisotopic (exact) mass is 276 g/mol. The van der Waals surface area contributed by atoms with Crippen LogP contribution in [0.25, 0.3) is 0 Å². The molecule has 5 nitrogen and oxygen atoms in total. The topological polar surface area (TPSA) is 54.6 Å². The van der Waals surface area contributed by atoms with Crippen molar-refractivity contribution < 1.29 is 4.74 Å². The lowest BCUT2D eigenvalue weighted by Crippen LogP contribution is -2.43. The van der Waals surface area contributed by atoms with Crippen LogP contribution in [0.1, 0.15) is 5.56 Å². The van der Waals surface area contributed by atoms with Crippen molar-refractivity contribution in [2.75, 3.05) is 46.4 Å². The van der Waals surface area contributed by atoms with Crippen molar-refractivity contribution in [2.45, 2.75) is 6.54 Å². The number of rotatable bonds is 6. The molecule has 1 fully saturated rings. The molecule has 1 aliphatic heterocycles. The van der Waals surface area contributed by atoms with Gasteiger partial charge in [-0.2, -0.15) is 0 Å². The average molecular weight is 276 g/mol. The van der Waals surface area contributed by atoms with Gasteiger partial charge in [0.05, 0.1) is 0 Å². The standard InChI is InChI=1S/C15H24N4O/c1-18-7-9-19(10-8-18)13-14-4-6-17-15(12-14)20-11-3-2-5-16/h2-4,6,12H,5,7-11,13,16H2,1H3/b3-2+. The van der Waals surface area contributed by atoms with Crippen molar-refractivity contribution in [2.24, 2.45) is 5.73 Å². The van der Waals surface area contributed by atoms with Gasteiger partial charge in [-0.15, -0.1) is 0 Å². The molecule has 1 aromatic rings. The molecule has 5 heteroatoms. The van der Waals surface area contributed by atoms with Gasteiger partial charge in [0.25, 0.3) is 0 Å². The second-order valence-electron chi connectivity index (χ2n) is 5.10. The molecule has 0 atom stereocenters. The number of hydrogen-bond acceptors (Lipinski definition) is 5. The molecule has 0 radical (unpaired) electrons. The van der Waals surface area contributed by atoms with E-state index in [9.17, 15) is 0 Å². The fraction of sp³-hybridized carbons (Fsp3) is 0.533. The Morgan fingerprint density at radius 2 is 2.10 bits per heavy atom. The first-order chi connectivity index (χ1) is 9.78. The number of hydrogen-bond donors (Lipinski definition) is 1. The highest BCUT2D eigenvalue weighted by Crippen LogP contribution is 2.12. The molecule has 1 aromatic heterocycles. The maximum absolute atomic E-state index is 5.57. The fourth-order valence-corrected chi connectivity index (χ4v) is 2.19. The number of pyridine rings is 1. The molecule has 1 aliphatic rings. The van der Waals surface area contributed by atoms with Crippen molar-refractivity contribution in [1.29, 1.82) is 0 Å². The first kappa shape index (κ1) is 15.0. The van der Waals surface area contributed by atoms with Crippen LogP contribution in [0.4, 0.5) is 0 Å². The van der Waals surface area contributed by atoms with Crippen LogP contribution in [-0.2, 0) is 6.54 Å². The van der Waals surface area contributed by atoms with Gasteiger partial charge >= 0.3 is 0 Å². The molecule has 2 rings (SSSR count). The molecule has 0 spiro atoms. The summed E-state index contributed by atoms with van der Waals surface area (Å²) in [5.41, 5.74) is 6.63. The Bertz CT molecular complexity index is 428. The van der Waals surface area contributed by atoms with Gasteiger partial charge in [-0.05, 0) is 18.7 Å². The summed E-state index contributed by atoms with van der Waals surface area (Å²) < 4.78 is 5.57. The molecule has 2 N–H and O–H groups in total. The Hall–Kier alpha value is -1.43. The number of ether oxygens (including phenoxy) is 1. The molecule has 110 valence electrons. The third kappa shape index (κ3) is 4.92. The molecule has 2 heterocycles. The van der Waals surface area contributed by atoms with Gasteiger partial charge in [-0.1, -0.05) is 12.2 Å². The van der Waals surface area contributed by atoms with Gasteiger partial charge < -0.3 is 15.4 Å². The molecular formula is C15H24N4O. The van der Waals surface area contributed by atoms with E-state index in [0.29, 0.717) is 19.0 Å². The van der Waals surface area contributed by atoms with E-state index in [0.717, 1.165) is 32.7 Å². The lowest BCUT2D eigenvalue weighted by atomic mass is 10.2. The van der Waals surface area contributed by atoms with Crippen LogP contribution < -0.4 is 10.5 Å². The summed E-state index contributed by atoms with van der Waals surface area (Å²) in [5.74, 6) is 0.679. The Morgan fingerprint density at radius 1 is 1.30 bits per heavy atom. The summed E-state index contributed by atoms with van der Waals surface area (Å²) in [6, 6.07) is 4.08. The van der Waals surface area contributed by atoms with E-state index in [4.69, 9.17) is 10.5 Å². The van der Waals surface area contributed by atoms with E-state index in [2.05, 4.69) is 27.9 Å². The normalized spacial score (nSPS) is 17.7. The third-order valence-electron chi connectivity index (χ3n) is 3.43. The minimum absolute atomic E-state index is 0.516. The van der Waals surface area contributed by atoms with E-state index in [1.54, 1.807) is 0 Å². The summed E-state index contributed by atoms with van der Waals surface area (Å²) >= 11 is 0. The predicted octanol–water partition coefficient (Wildman–Crippen LogP) is 0.723. The summed E-state index contributed by atoms with van der Waals surface area (Å²) in [4.78, 5) is 9.06. The number of aromatic nitrogens is 1. The molecular weight excluding hydrogens is 252 g/mol. The van der Waals surface area contributed by atoms with Crippen molar-refractivity contribution in [3.05, 3.63) is 36.0 Å². The molecule has 20 heavy (non-hydrogen) atoms. The molecule has 0 saturated carbocycles. The zero-order chi connectivity index (χ0) is 14.2. The maximum Gasteiger partial charge on any atom is 0.213 e. The summed E-state index contributed by atoms with van der Waals surface area (Å²) in [5, 5.41) is 0. The van der Waals surface area contributed by atoms with Gasteiger partial charge in [0, 0.05) is 51.5 Å². The molecule has 0 amide bonds. The first-order valence-electron chi connectivity index (χ1n) is 7.11. The minimum atomic E-state index is 0.516. The Labute approximate surface area is 121 Å². The second-order valence-corrected chi connectivity index (χ2v) is 5.10. The van der Waals surface area contributed by atoms with Crippen LogP contribution in [0.3, 0.4) is 0 Å². The zero-order valence-electron chi connectivity index (χ0n) is 12.2. The van der Waals surface area contributed by atoms with E-state index in [1.165, 1.54) is 5.56 Å². The highest BCUT2D eigenvalue weighted by Gasteiger charge is 2.13. The van der Waals surface area contributed by atoms with Crippen molar-refractivity contribution >= 4 is 0 Å². The lowest BCUT2D eigenvalue weighted by molar-refractivity contribution is 0.148. The van der Waals surface area contributed by atoms with E-state index in [1.807, 2.05) is 24.4 Å². The summed E-state index contributed by atoms with van der Waals surface area (Å²) in [6.07, 6.45) is 5.61. The van der Waals surface area contributed by atoms with Crippen LogP contribution in [0, 0.1) is 0 Å². The minimum Gasteiger partial charge on any atom is -0.473 e. The van der Waals surface area contributed by atoms with E-state index < -0.39 is 0 Å². The van der Waals surface area contributed by atoms with Crippen LogP contribution >= 0.6 is 0 Å². The molecule has 0 aliphatic carbocycles. The maximum atomic E-state index is 5.57. The Morgan fingerprint density at radius 3 is 2.85 bits per heavy atom. The molecule has 0 bridgehead atoms. The Balaban J connectivity index is 1.84. The summed E-state index contributed by atoms with van der Waals surface area (Å²) in [6.45, 7) is 6.53. The van der Waals surface area contributed by atoms with Gasteiger partial charge in [-0.25, -0.2) is 4.98 Å². The largest absolute Gasteiger partial charge is 0.473 e. The first-order valence-corrected chi connectivity index (χ1v) is 7.11. The predicted molar refractivity (Wildman–Crippen MR) is 80.7 cm³/mol. The molecule has 1 saturated heterocycles. The van der Waals surface area contributed by atoms with Crippen molar-refractivity contribution in [3.63, 3.8) is 0 Å². The number of piperazine rings is 1. The highest BCUT2D eigenvalue weighted by atomic mass is 16.5. The smallest absolute Gasteiger partial charge is 0.213 e. The van der Waals surface area contributed by atoms with Crippen LogP contribution in [0.15, 0.2) is 30.5 Å². The van der Waals surface area contributed by atoms with Gasteiger partial charge in [0.2, 0.25) is 5.88 Å². The van der Waals surface area contributed by atoms with E-state index in [-0.39, 0.29) is 0 Å². The van der Waals surface area contributed by atoms with Crippen molar-refractivity contribution in [3.8, 4) is 5.88 Å². The number of likely N-dealkylation sites (N-methyl/N-ethyl adjacent to an activating group) is 1. The van der Waals surface area contributed by atoms with Crippen LogP contribution in [-0.4, -0.2) is 61.2 Å². The quantitative estimate of drug-likeness (QED) is 0.776. The highest BCUT2D eigenvalue weighted by molar-refractivity contribution is 5.20. The average Bonchev–Trinajstić information content (AvgIpc) is 2.47. The number of nitrogens with zero attached hydrogens (tertiary/aromatic N) is 3. The van der Waals surface area contributed by atoms with Crippen LogP contribution in [0.5, 0.6) is 5.88 Å². The zero-order valence-corrected chi connectivity index (χ0v) is 12.2. The summed E-state index contributed by atoms with van der Waals surface area (Å²) in [7, 11) is 2.17. The van der Waals surface area contributed by atoms with E-state index >= 15 is 0 Å². The Kier molecular flexibility index (Phi) is 5.98. The molecule has 0 aromatic carbocycles. The van der Waals surface area contributed by atoms with Crippen LogP contribution in [0.2, 0.25) is 0 Å². The third-order valence-corrected chi connectivity index (χ3v) is 3.43. The fourth-order valence-electron chi connectivity index (χ4n) is 2.19.